The third-order valence-electron chi connectivity index (χ3n) is 7.47. The molecule has 3 N–H and O–H groups in total. The van der Waals surface area contributed by atoms with E-state index >= 15 is 0 Å². The van der Waals surface area contributed by atoms with Gasteiger partial charge in [-0.3, -0.25) is 9.59 Å². The van der Waals surface area contributed by atoms with Gasteiger partial charge in [0.15, 0.2) is 0 Å². The van der Waals surface area contributed by atoms with Gasteiger partial charge in [0.2, 0.25) is 11.8 Å². The number of amides is 4. The van der Waals surface area contributed by atoms with Crippen LogP contribution in [0.3, 0.4) is 0 Å². The number of alkyl carbamates (subject to hydrolysis) is 2. The van der Waals surface area contributed by atoms with Crippen molar-refractivity contribution in [2.75, 3.05) is 26.2 Å². The Bertz CT molecular complexity index is 1190. The van der Waals surface area contributed by atoms with Crippen LogP contribution in [0.4, 0.5) is 9.59 Å². The summed E-state index contributed by atoms with van der Waals surface area (Å²) in [6, 6.07) is 19.3. The van der Waals surface area contributed by atoms with E-state index in [0.29, 0.717) is 64.7 Å². The smallest absolute Gasteiger partial charge is 0.407 e. The van der Waals surface area contributed by atoms with Gasteiger partial charge in [-0.05, 0) is 78.4 Å². The van der Waals surface area contributed by atoms with E-state index in [1.165, 1.54) is 0 Å². The molecule has 50 heavy (non-hydrogen) atoms. The lowest BCUT2D eigenvalue weighted by Gasteiger charge is -2.30. The molecule has 11 heteroatoms. The Kier molecular flexibility index (Phi) is 18.4. The maximum Gasteiger partial charge on any atom is 0.407 e. The predicted molar refractivity (Wildman–Crippen MR) is 195 cm³/mol. The summed E-state index contributed by atoms with van der Waals surface area (Å²) < 4.78 is 10.5. The summed E-state index contributed by atoms with van der Waals surface area (Å²) in [4.78, 5) is 54.0. The molecule has 0 spiro atoms. The highest BCUT2D eigenvalue weighted by molar-refractivity contribution is 5.77. The van der Waals surface area contributed by atoms with Gasteiger partial charge in [-0.25, -0.2) is 9.59 Å². The number of carbonyl (C=O) groups is 4. The first-order chi connectivity index (χ1) is 23.6. The first-order valence-electron chi connectivity index (χ1n) is 17.9. The summed E-state index contributed by atoms with van der Waals surface area (Å²) in [5.74, 6) is -0.150. The normalized spacial score (nSPS) is 11.5. The van der Waals surface area contributed by atoms with E-state index in [1.54, 1.807) is 9.80 Å². The number of unbranched alkanes of at least 4 members (excludes halogenated alkanes) is 4. The lowest BCUT2D eigenvalue weighted by Crippen LogP contribution is -2.44. The molecular formula is C39H60N4O7. The van der Waals surface area contributed by atoms with Crippen molar-refractivity contribution in [1.29, 1.82) is 0 Å². The van der Waals surface area contributed by atoms with Crippen LogP contribution in [0.25, 0.3) is 0 Å². The number of carbonyl (C=O) groups excluding carboxylic acids is 4. The number of rotatable bonds is 20. The zero-order valence-electron chi connectivity index (χ0n) is 31.0. The summed E-state index contributed by atoms with van der Waals surface area (Å²) in [5.41, 5.74) is 0.790. The minimum Gasteiger partial charge on any atom is -0.444 e. The van der Waals surface area contributed by atoms with Crippen LogP contribution < -0.4 is 10.6 Å². The fourth-order valence-corrected chi connectivity index (χ4v) is 5.16. The molecule has 278 valence electrons. The number of aliphatic hydroxyl groups excluding tert-OH is 1. The number of aliphatic hydroxyl groups is 1. The van der Waals surface area contributed by atoms with Crippen molar-refractivity contribution < 1.29 is 33.8 Å². The molecule has 0 heterocycles. The lowest BCUT2D eigenvalue weighted by atomic mass is 10.1. The van der Waals surface area contributed by atoms with Gasteiger partial charge in [0.1, 0.15) is 11.2 Å². The molecule has 2 aromatic rings. The quantitative estimate of drug-likeness (QED) is 0.133. The van der Waals surface area contributed by atoms with Crippen LogP contribution >= 0.6 is 0 Å². The molecule has 0 aromatic heterocycles. The van der Waals surface area contributed by atoms with Crippen LogP contribution in [0.1, 0.15) is 104 Å². The van der Waals surface area contributed by atoms with Crippen molar-refractivity contribution in [2.24, 2.45) is 0 Å². The largest absolute Gasteiger partial charge is 0.444 e. The molecule has 0 saturated carbocycles. The molecular weight excluding hydrogens is 636 g/mol. The van der Waals surface area contributed by atoms with Gasteiger partial charge in [-0.1, -0.05) is 73.5 Å². The molecule has 0 atom stereocenters. The second-order valence-corrected chi connectivity index (χ2v) is 14.7. The minimum atomic E-state index is -0.952. The van der Waals surface area contributed by atoms with Crippen molar-refractivity contribution in [3.8, 4) is 0 Å². The molecule has 0 aliphatic rings. The van der Waals surface area contributed by atoms with Crippen molar-refractivity contribution >= 4 is 24.0 Å². The first-order valence-corrected chi connectivity index (χ1v) is 17.9. The zero-order chi connectivity index (χ0) is 37.0. The molecule has 0 bridgehead atoms. The van der Waals surface area contributed by atoms with Crippen LogP contribution in [-0.4, -0.2) is 82.4 Å². The van der Waals surface area contributed by atoms with Crippen molar-refractivity contribution in [1.82, 2.24) is 20.4 Å². The summed E-state index contributed by atoms with van der Waals surface area (Å²) in [6.07, 6.45) is 2.96. The van der Waals surface area contributed by atoms with E-state index in [9.17, 15) is 24.3 Å². The molecule has 0 fully saturated rings. The van der Waals surface area contributed by atoms with Gasteiger partial charge in [-0.15, -0.1) is 0 Å². The molecule has 0 aliphatic heterocycles. The van der Waals surface area contributed by atoms with E-state index in [1.807, 2.05) is 102 Å². The number of hydrogen-bond donors (Lipinski definition) is 3. The molecule has 2 rings (SSSR count). The second kappa shape index (κ2) is 21.9. The van der Waals surface area contributed by atoms with E-state index in [4.69, 9.17) is 9.47 Å². The van der Waals surface area contributed by atoms with Crippen LogP contribution in [0, 0.1) is 0 Å². The van der Waals surface area contributed by atoms with Crippen LogP contribution in [-0.2, 0) is 32.2 Å². The average Bonchev–Trinajstić information content (AvgIpc) is 3.02. The lowest BCUT2D eigenvalue weighted by molar-refractivity contribution is -0.135. The third-order valence-corrected chi connectivity index (χ3v) is 7.47. The molecule has 2 aromatic carbocycles. The Labute approximate surface area is 299 Å². The molecule has 0 radical (unpaired) electrons. The van der Waals surface area contributed by atoms with Gasteiger partial charge >= 0.3 is 12.2 Å². The van der Waals surface area contributed by atoms with E-state index in [-0.39, 0.29) is 24.9 Å². The number of nitrogens with zero attached hydrogens (tertiary/aromatic N) is 2. The summed E-state index contributed by atoms with van der Waals surface area (Å²) in [7, 11) is 0. The Balaban J connectivity index is 1.94. The average molecular weight is 697 g/mol. The van der Waals surface area contributed by atoms with Crippen molar-refractivity contribution in [3.63, 3.8) is 0 Å². The number of nitrogens with one attached hydrogen (secondary N) is 2. The van der Waals surface area contributed by atoms with Gasteiger partial charge < -0.3 is 35.0 Å². The number of ether oxygens (including phenoxy) is 2. The second-order valence-electron chi connectivity index (χ2n) is 14.7. The van der Waals surface area contributed by atoms with Gasteiger partial charge in [0.05, 0.1) is 6.10 Å². The topological polar surface area (TPSA) is 138 Å². The maximum atomic E-state index is 13.4. The first kappa shape index (κ1) is 42.0. The minimum absolute atomic E-state index is 0.0751. The Morgan fingerprint density at radius 2 is 0.960 bits per heavy atom. The molecule has 11 nitrogen and oxygen atoms in total. The highest BCUT2D eigenvalue weighted by atomic mass is 16.6. The predicted octanol–water partition coefficient (Wildman–Crippen LogP) is 6.58. The summed E-state index contributed by atoms with van der Waals surface area (Å²) in [5, 5.41) is 16.8. The Morgan fingerprint density at radius 3 is 1.30 bits per heavy atom. The highest BCUT2D eigenvalue weighted by Crippen LogP contribution is 2.14. The van der Waals surface area contributed by atoms with Crippen molar-refractivity contribution in [2.45, 2.75) is 123 Å². The fraction of sp³-hybridized carbons (Fsp3) is 0.590. The SMILES string of the molecule is CC(C)(C)OC(=O)NCCCCCC(=O)N(Cc1ccccc1)CC(O)CN(Cc1ccccc1)C(=O)CCCCCNC(=O)OC(C)(C)C. The van der Waals surface area contributed by atoms with Gasteiger partial charge in [0, 0.05) is 52.1 Å². The third kappa shape index (κ3) is 19.8. The van der Waals surface area contributed by atoms with Gasteiger partial charge in [-0.2, -0.15) is 0 Å². The van der Waals surface area contributed by atoms with Gasteiger partial charge in [0.25, 0.3) is 0 Å². The number of benzene rings is 2. The van der Waals surface area contributed by atoms with Crippen molar-refractivity contribution in [3.05, 3.63) is 71.8 Å². The van der Waals surface area contributed by atoms with E-state index in [0.717, 1.165) is 24.0 Å². The van der Waals surface area contributed by atoms with Crippen LogP contribution in [0.5, 0.6) is 0 Å². The van der Waals surface area contributed by atoms with Crippen LogP contribution in [0.15, 0.2) is 60.7 Å². The number of hydrogen-bond acceptors (Lipinski definition) is 7. The van der Waals surface area contributed by atoms with E-state index in [2.05, 4.69) is 10.6 Å². The van der Waals surface area contributed by atoms with E-state index < -0.39 is 29.5 Å². The monoisotopic (exact) mass is 696 g/mol. The maximum absolute atomic E-state index is 13.4. The zero-order valence-corrected chi connectivity index (χ0v) is 31.0. The standard InChI is InChI=1S/C39H60N4O7/c1-38(2,3)49-36(47)40-25-17-9-15-23-34(45)42(27-31-19-11-7-12-20-31)29-33(44)30-43(28-32-21-13-8-14-22-32)35(46)24-16-10-18-26-41-37(48)50-39(4,5)6/h7-8,11-14,19-22,33,44H,9-10,15-18,23-30H2,1-6H3,(H,40,47)(H,41,48). The molecule has 0 aliphatic carbocycles. The summed E-state index contributed by atoms with van der Waals surface area (Å²) >= 11 is 0. The Hall–Kier alpha value is -4.12. The highest BCUT2D eigenvalue weighted by Gasteiger charge is 2.23. The summed E-state index contributed by atoms with van der Waals surface area (Å²) in [6.45, 7) is 12.7. The Morgan fingerprint density at radius 1 is 0.600 bits per heavy atom. The molecule has 0 saturated heterocycles. The fourth-order valence-electron chi connectivity index (χ4n) is 5.16. The van der Waals surface area contributed by atoms with Crippen LogP contribution in [0.2, 0.25) is 0 Å². The molecule has 0 unspecified atom stereocenters. The molecule has 4 amide bonds.